The zero-order chi connectivity index (χ0) is 19.4. The second-order valence-electron chi connectivity index (χ2n) is 5.56. The highest BCUT2D eigenvalue weighted by atomic mass is 35.5. The van der Waals surface area contributed by atoms with Crippen LogP contribution in [0.3, 0.4) is 0 Å². The Hall–Kier alpha value is -2.85. The summed E-state index contributed by atoms with van der Waals surface area (Å²) in [5.74, 6) is 0.608. The van der Waals surface area contributed by atoms with Gasteiger partial charge in [0.25, 0.3) is 5.09 Å². The Morgan fingerprint density at radius 1 is 1.52 bits per heavy atom. The highest BCUT2D eigenvalue weighted by Gasteiger charge is 2.27. The average Bonchev–Trinajstić information content (AvgIpc) is 3.22. The van der Waals surface area contributed by atoms with Gasteiger partial charge in [-0.1, -0.05) is 23.7 Å². The number of carbonyl (C=O) groups excluding carboxylic acids is 1. The van der Waals surface area contributed by atoms with Crippen LogP contribution in [0.15, 0.2) is 34.6 Å². The first kappa shape index (κ1) is 18.9. The fourth-order valence-electron chi connectivity index (χ4n) is 2.39. The molecule has 0 unspecified atom stereocenters. The number of ether oxygens (including phenoxy) is 1. The molecule has 3 rings (SSSR count). The number of nitrogens with zero attached hydrogens (tertiary/aromatic N) is 3. The average molecular weight is 411 g/mol. The Bertz CT molecular complexity index is 881. The lowest BCUT2D eigenvalue weighted by atomic mass is 10.2. The van der Waals surface area contributed by atoms with Gasteiger partial charge >= 0.3 is 6.09 Å². The first-order valence-electron chi connectivity index (χ1n) is 7.84. The number of amides is 1. The van der Waals surface area contributed by atoms with E-state index in [1.165, 1.54) is 22.3 Å². The second kappa shape index (κ2) is 8.23. The summed E-state index contributed by atoms with van der Waals surface area (Å²) in [6.45, 7) is 2.48. The van der Waals surface area contributed by atoms with Gasteiger partial charge in [-0.3, -0.25) is 4.99 Å². The van der Waals surface area contributed by atoms with E-state index in [9.17, 15) is 14.9 Å². The molecule has 0 fully saturated rings. The molecule has 1 amide bonds. The summed E-state index contributed by atoms with van der Waals surface area (Å²) in [5.41, 5.74) is 2.16. The number of hydrogen-bond donors (Lipinski definition) is 1. The van der Waals surface area contributed by atoms with Crippen LogP contribution in [0.2, 0.25) is 4.34 Å². The molecule has 2 aromatic rings. The van der Waals surface area contributed by atoms with Gasteiger partial charge < -0.3 is 14.9 Å². The quantitative estimate of drug-likeness (QED) is 0.595. The molecule has 27 heavy (non-hydrogen) atoms. The molecule has 0 aliphatic carbocycles. The molecule has 0 saturated carbocycles. The Morgan fingerprint density at radius 2 is 2.33 bits per heavy atom. The molecule has 2 heterocycles. The molecule has 0 spiro atoms. The third-order valence-corrected chi connectivity index (χ3v) is 5.01. The van der Waals surface area contributed by atoms with Gasteiger partial charge in [0.15, 0.2) is 0 Å². The number of nitrogens with one attached hydrogen (secondary N) is 1. The standard InChI is InChI=1S/C16H15ClN4O5S/c1-10-9-27-14(17)13(10)19-15-18-5-6-20(15)16(22)26-12-4-2-3-11(7-12)8-25-21(23)24/h2-4,7,9H,5-6,8H2,1H3,(H,18,19). The van der Waals surface area contributed by atoms with Crippen LogP contribution in [-0.4, -0.2) is 35.1 Å². The predicted octanol–water partition coefficient (Wildman–Crippen LogP) is 3.70. The predicted molar refractivity (Wildman–Crippen MR) is 101 cm³/mol. The minimum atomic E-state index is -0.880. The number of anilines is 1. The lowest BCUT2D eigenvalue weighted by Crippen LogP contribution is -2.40. The van der Waals surface area contributed by atoms with Crippen molar-refractivity contribution in [3.8, 4) is 5.75 Å². The highest BCUT2D eigenvalue weighted by molar-refractivity contribution is 7.15. The van der Waals surface area contributed by atoms with Gasteiger partial charge in [0.2, 0.25) is 5.96 Å². The lowest BCUT2D eigenvalue weighted by molar-refractivity contribution is -0.763. The van der Waals surface area contributed by atoms with Gasteiger partial charge in [0.1, 0.15) is 16.7 Å². The van der Waals surface area contributed by atoms with Crippen LogP contribution in [0.5, 0.6) is 5.75 Å². The molecule has 1 aliphatic rings. The molecule has 0 bridgehead atoms. The maximum Gasteiger partial charge on any atom is 0.422 e. The third-order valence-electron chi connectivity index (χ3n) is 3.67. The first-order chi connectivity index (χ1) is 12.9. The highest BCUT2D eigenvalue weighted by Crippen LogP contribution is 2.32. The van der Waals surface area contributed by atoms with Crippen molar-refractivity contribution in [1.82, 2.24) is 4.90 Å². The van der Waals surface area contributed by atoms with Gasteiger partial charge in [-0.2, -0.15) is 0 Å². The maximum atomic E-state index is 12.5. The summed E-state index contributed by atoms with van der Waals surface area (Å²) in [4.78, 5) is 32.8. The van der Waals surface area contributed by atoms with Crippen molar-refractivity contribution in [2.24, 2.45) is 4.99 Å². The molecule has 0 saturated heterocycles. The number of hydrogen-bond acceptors (Lipinski definition) is 8. The number of aliphatic imine (C=N–C) groups is 1. The molecule has 0 atom stereocenters. The van der Waals surface area contributed by atoms with E-state index in [0.29, 0.717) is 34.6 Å². The fourth-order valence-corrected chi connectivity index (χ4v) is 3.44. The molecular formula is C16H15ClN4O5S. The van der Waals surface area contributed by atoms with E-state index in [4.69, 9.17) is 16.3 Å². The van der Waals surface area contributed by atoms with Crippen molar-refractivity contribution < 1.29 is 19.5 Å². The largest absolute Gasteiger partial charge is 0.422 e. The first-order valence-corrected chi connectivity index (χ1v) is 9.10. The SMILES string of the molecule is Cc1csc(Cl)c1NC1=NCCN1C(=O)Oc1cccc(CO[N+](=O)[O-])c1. The maximum absolute atomic E-state index is 12.5. The fraction of sp³-hybridized carbons (Fsp3) is 0.250. The van der Waals surface area contributed by atoms with Crippen LogP contribution in [0.25, 0.3) is 0 Å². The van der Waals surface area contributed by atoms with Crippen LogP contribution in [0.4, 0.5) is 10.5 Å². The van der Waals surface area contributed by atoms with Crippen LogP contribution < -0.4 is 10.1 Å². The summed E-state index contributed by atoms with van der Waals surface area (Å²) < 4.78 is 5.94. The van der Waals surface area contributed by atoms with Gasteiger partial charge in [-0.15, -0.1) is 21.5 Å². The molecule has 11 heteroatoms. The minimum absolute atomic E-state index is 0.230. The summed E-state index contributed by atoms with van der Waals surface area (Å²) in [6, 6.07) is 6.33. The summed E-state index contributed by atoms with van der Waals surface area (Å²) in [6.07, 6.45) is -0.616. The van der Waals surface area contributed by atoms with E-state index in [2.05, 4.69) is 15.1 Å². The lowest BCUT2D eigenvalue weighted by Gasteiger charge is -2.19. The topological polar surface area (TPSA) is 106 Å². The van der Waals surface area contributed by atoms with Gasteiger partial charge in [-0.25, -0.2) is 9.69 Å². The molecule has 1 aromatic heterocycles. The van der Waals surface area contributed by atoms with E-state index < -0.39 is 11.2 Å². The summed E-state index contributed by atoms with van der Waals surface area (Å²) in [7, 11) is 0. The van der Waals surface area contributed by atoms with Crippen molar-refractivity contribution in [3.05, 3.63) is 55.2 Å². The van der Waals surface area contributed by atoms with E-state index >= 15 is 0 Å². The van der Waals surface area contributed by atoms with E-state index in [0.717, 1.165) is 5.56 Å². The van der Waals surface area contributed by atoms with Gasteiger partial charge in [0, 0.05) is 0 Å². The smallest absolute Gasteiger partial charge is 0.410 e. The normalized spacial score (nSPS) is 13.3. The Kier molecular flexibility index (Phi) is 5.77. The van der Waals surface area contributed by atoms with Gasteiger partial charge in [0.05, 0.1) is 18.8 Å². The molecule has 9 nitrogen and oxygen atoms in total. The zero-order valence-corrected chi connectivity index (χ0v) is 15.7. The van der Waals surface area contributed by atoms with Gasteiger partial charge in [-0.05, 0) is 35.6 Å². The summed E-state index contributed by atoms with van der Waals surface area (Å²) >= 11 is 7.54. The van der Waals surface area contributed by atoms with E-state index in [1.807, 2.05) is 12.3 Å². The molecule has 1 aliphatic heterocycles. The number of aryl methyl sites for hydroxylation is 1. The minimum Gasteiger partial charge on any atom is -0.410 e. The number of carbonyl (C=O) groups is 1. The van der Waals surface area contributed by atoms with Crippen LogP contribution in [0, 0.1) is 17.0 Å². The van der Waals surface area contributed by atoms with Crippen molar-refractivity contribution >= 4 is 40.7 Å². The molecule has 0 radical (unpaired) electrons. The number of halogens is 1. The molecule has 142 valence electrons. The zero-order valence-electron chi connectivity index (χ0n) is 14.2. The number of thiophene rings is 1. The Morgan fingerprint density at radius 3 is 3.04 bits per heavy atom. The molecular weight excluding hydrogens is 396 g/mol. The van der Waals surface area contributed by atoms with E-state index in [1.54, 1.807) is 18.2 Å². The monoisotopic (exact) mass is 410 g/mol. The van der Waals surface area contributed by atoms with Crippen molar-refractivity contribution in [3.63, 3.8) is 0 Å². The number of benzene rings is 1. The van der Waals surface area contributed by atoms with Crippen molar-refractivity contribution in [2.75, 3.05) is 18.4 Å². The second-order valence-corrected chi connectivity index (χ2v) is 7.04. The van der Waals surface area contributed by atoms with Crippen LogP contribution in [-0.2, 0) is 11.4 Å². The van der Waals surface area contributed by atoms with E-state index in [-0.39, 0.29) is 12.4 Å². The Labute approximate surface area is 163 Å². The number of guanidine groups is 1. The summed E-state index contributed by atoms with van der Waals surface area (Å²) in [5, 5.41) is 14.4. The van der Waals surface area contributed by atoms with Crippen LogP contribution in [0.1, 0.15) is 11.1 Å². The van der Waals surface area contributed by atoms with Crippen molar-refractivity contribution in [1.29, 1.82) is 0 Å². The third kappa shape index (κ3) is 4.66. The number of rotatable bonds is 5. The Balaban J connectivity index is 1.66. The molecule has 1 aromatic carbocycles. The molecule has 1 N–H and O–H groups in total. The van der Waals surface area contributed by atoms with Crippen LogP contribution >= 0.6 is 22.9 Å². The van der Waals surface area contributed by atoms with Crippen molar-refractivity contribution in [2.45, 2.75) is 13.5 Å².